The largest absolute Gasteiger partial charge is 0.462 e. The van der Waals surface area contributed by atoms with Gasteiger partial charge >= 0.3 is 5.97 Å². The van der Waals surface area contributed by atoms with Crippen molar-refractivity contribution in [3.8, 4) is 0 Å². The average Bonchev–Trinajstić information content (AvgIpc) is 1.86. The van der Waals surface area contributed by atoms with Crippen molar-refractivity contribution in [1.29, 1.82) is 0 Å². The van der Waals surface area contributed by atoms with Gasteiger partial charge in [0.05, 0.1) is 12.7 Å². The Bertz CT molecular complexity index is 149. The van der Waals surface area contributed by atoms with Crippen LogP contribution in [-0.4, -0.2) is 23.8 Å². The molecule has 1 atom stereocenters. The zero-order valence-electron chi connectivity index (χ0n) is 6.96. The predicted octanol–water partition coefficient (Wildman–Crippen LogP) is 0.877. The van der Waals surface area contributed by atoms with Gasteiger partial charge in [0.25, 0.3) is 0 Å². The van der Waals surface area contributed by atoms with E-state index in [4.69, 9.17) is 9.84 Å². The van der Waals surface area contributed by atoms with Crippen molar-refractivity contribution in [3.63, 3.8) is 0 Å². The van der Waals surface area contributed by atoms with E-state index in [9.17, 15) is 4.79 Å². The van der Waals surface area contributed by atoms with Gasteiger partial charge in [-0.25, -0.2) is 4.79 Å². The molecule has 0 bridgehead atoms. The third-order valence-electron chi connectivity index (χ3n) is 1.12. The number of rotatable bonds is 4. The Morgan fingerprint density at radius 1 is 1.73 bits per heavy atom. The number of ether oxygens (including phenoxy) is 1. The van der Waals surface area contributed by atoms with E-state index in [1.165, 1.54) is 0 Å². The van der Waals surface area contributed by atoms with Gasteiger partial charge in [-0.2, -0.15) is 0 Å². The van der Waals surface area contributed by atoms with Crippen LogP contribution in [0.15, 0.2) is 12.2 Å². The number of aliphatic hydroxyl groups is 1. The monoisotopic (exact) mass is 158 g/mol. The Kier molecular flexibility index (Phi) is 4.54. The van der Waals surface area contributed by atoms with Crippen LogP contribution < -0.4 is 0 Å². The van der Waals surface area contributed by atoms with E-state index >= 15 is 0 Å². The highest BCUT2D eigenvalue weighted by molar-refractivity contribution is 5.86. The fraction of sp³-hybridized carbons (Fsp3) is 0.625. The lowest BCUT2D eigenvalue weighted by Crippen LogP contribution is -2.10. The van der Waals surface area contributed by atoms with Crippen molar-refractivity contribution in [2.24, 2.45) is 0 Å². The van der Waals surface area contributed by atoms with E-state index in [1.807, 2.05) is 0 Å². The number of hydrogen-bond acceptors (Lipinski definition) is 3. The minimum atomic E-state index is -0.423. The van der Waals surface area contributed by atoms with Crippen LogP contribution in [0.5, 0.6) is 0 Å². The van der Waals surface area contributed by atoms with Crippen molar-refractivity contribution in [1.82, 2.24) is 0 Å². The molecule has 0 spiro atoms. The van der Waals surface area contributed by atoms with Gasteiger partial charge in [0, 0.05) is 12.0 Å². The van der Waals surface area contributed by atoms with Crippen LogP contribution in [0.2, 0.25) is 0 Å². The third kappa shape index (κ3) is 5.61. The Hall–Kier alpha value is -0.830. The highest BCUT2D eigenvalue weighted by Gasteiger charge is 2.03. The lowest BCUT2D eigenvalue weighted by Gasteiger charge is -2.05. The fourth-order valence-electron chi connectivity index (χ4n) is 0.445. The maximum absolute atomic E-state index is 10.7. The molecule has 0 aromatic carbocycles. The Morgan fingerprint density at radius 3 is 2.64 bits per heavy atom. The summed E-state index contributed by atoms with van der Waals surface area (Å²) >= 11 is 0. The average molecular weight is 158 g/mol. The predicted molar refractivity (Wildman–Crippen MR) is 42.1 cm³/mol. The maximum atomic E-state index is 10.7. The molecule has 0 radical (unpaired) electrons. The van der Waals surface area contributed by atoms with Gasteiger partial charge in [-0.15, -0.1) is 0 Å². The van der Waals surface area contributed by atoms with E-state index in [-0.39, 0.29) is 6.61 Å². The summed E-state index contributed by atoms with van der Waals surface area (Å²) in [7, 11) is 0. The maximum Gasteiger partial charge on any atom is 0.333 e. The first-order chi connectivity index (χ1) is 5.04. The summed E-state index contributed by atoms with van der Waals surface area (Å²) in [6, 6.07) is 0. The number of carbonyl (C=O) groups is 1. The summed E-state index contributed by atoms with van der Waals surface area (Å²) in [6.07, 6.45) is 0.0480. The molecule has 64 valence electrons. The summed E-state index contributed by atoms with van der Waals surface area (Å²) in [5, 5.41) is 8.79. The summed E-state index contributed by atoms with van der Waals surface area (Å²) < 4.78 is 4.72. The smallest absolute Gasteiger partial charge is 0.333 e. The standard InChI is InChI=1S/C8H14O3/c1-6(2)8(10)11-5-4-7(3)9/h7,9H,1,4-5H2,2-3H3/t7-/m1/s1. The van der Waals surface area contributed by atoms with Gasteiger partial charge in [0.15, 0.2) is 0 Å². The summed E-state index contributed by atoms with van der Waals surface area (Å²) in [4.78, 5) is 10.7. The Morgan fingerprint density at radius 2 is 2.27 bits per heavy atom. The van der Waals surface area contributed by atoms with Crippen LogP contribution in [0.25, 0.3) is 0 Å². The second-order valence-corrected chi connectivity index (χ2v) is 2.55. The Labute approximate surface area is 66.7 Å². The zero-order chi connectivity index (χ0) is 8.85. The van der Waals surface area contributed by atoms with E-state index < -0.39 is 12.1 Å². The van der Waals surface area contributed by atoms with Crippen molar-refractivity contribution < 1.29 is 14.6 Å². The van der Waals surface area contributed by atoms with Crippen molar-refractivity contribution in [2.45, 2.75) is 26.4 Å². The highest BCUT2D eigenvalue weighted by atomic mass is 16.5. The van der Waals surface area contributed by atoms with Gasteiger partial charge in [-0.05, 0) is 13.8 Å². The number of aliphatic hydroxyl groups excluding tert-OH is 1. The molecule has 3 nitrogen and oxygen atoms in total. The van der Waals surface area contributed by atoms with Crippen LogP contribution in [0, 0.1) is 0 Å². The molecule has 0 saturated carbocycles. The molecule has 0 heterocycles. The van der Waals surface area contributed by atoms with E-state index in [0.717, 1.165) is 0 Å². The first kappa shape index (κ1) is 10.2. The number of esters is 1. The third-order valence-corrected chi connectivity index (χ3v) is 1.12. The normalized spacial score (nSPS) is 12.3. The van der Waals surface area contributed by atoms with Crippen LogP contribution in [0.3, 0.4) is 0 Å². The Balaban J connectivity index is 3.40. The molecule has 3 heteroatoms. The molecule has 0 unspecified atom stereocenters. The topological polar surface area (TPSA) is 46.5 Å². The van der Waals surface area contributed by atoms with Gasteiger partial charge in [-0.1, -0.05) is 6.58 Å². The molecule has 0 aromatic heterocycles. The van der Waals surface area contributed by atoms with E-state index in [0.29, 0.717) is 12.0 Å². The molecular formula is C8H14O3. The van der Waals surface area contributed by atoms with Crippen molar-refractivity contribution >= 4 is 5.97 Å². The summed E-state index contributed by atoms with van der Waals surface area (Å²) in [6.45, 7) is 6.90. The van der Waals surface area contributed by atoms with Crippen LogP contribution in [0.1, 0.15) is 20.3 Å². The second kappa shape index (κ2) is 4.91. The SMILES string of the molecule is C=C(C)C(=O)OCC[C@@H](C)O. The first-order valence-electron chi connectivity index (χ1n) is 3.54. The lowest BCUT2D eigenvalue weighted by molar-refractivity contribution is -0.139. The van der Waals surface area contributed by atoms with Gasteiger partial charge in [-0.3, -0.25) is 0 Å². The summed E-state index contributed by atoms with van der Waals surface area (Å²) in [5.74, 6) is -0.398. The van der Waals surface area contributed by atoms with Crippen LogP contribution in [0.4, 0.5) is 0 Å². The molecule has 0 saturated heterocycles. The zero-order valence-corrected chi connectivity index (χ0v) is 6.96. The molecule has 0 aliphatic rings. The fourth-order valence-corrected chi connectivity index (χ4v) is 0.445. The van der Waals surface area contributed by atoms with Crippen LogP contribution in [-0.2, 0) is 9.53 Å². The highest BCUT2D eigenvalue weighted by Crippen LogP contribution is 1.95. The van der Waals surface area contributed by atoms with E-state index in [2.05, 4.69) is 6.58 Å². The van der Waals surface area contributed by atoms with Gasteiger partial charge < -0.3 is 9.84 Å². The summed E-state index contributed by atoms with van der Waals surface area (Å²) in [5.41, 5.74) is 0.385. The molecule has 0 aliphatic heterocycles. The number of hydrogen-bond donors (Lipinski definition) is 1. The van der Waals surface area contributed by atoms with Gasteiger partial charge in [0.1, 0.15) is 0 Å². The minimum Gasteiger partial charge on any atom is -0.462 e. The molecule has 0 aromatic rings. The molecule has 0 aliphatic carbocycles. The number of carbonyl (C=O) groups excluding carboxylic acids is 1. The molecule has 11 heavy (non-hydrogen) atoms. The lowest BCUT2D eigenvalue weighted by atomic mass is 10.3. The first-order valence-corrected chi connectivity index (χ1v) is 3.54. The minimum absolute atomic E-state index is 0.253. The van der Waals surface area contributed by atoms with Crippen LogP contribution >= 0.6 is 0 Å². The molecule has 0 rings (SSSR count). The molecule has 1 N–H and O–H groups in total. The second-order valence-electron chi connectivity index (χ2n) is 2.55. The van der Waals surface area contributed by atoms with Crippen molar-refractivity contribution in [2.75, 3.05) is 6.61 Å². The molecule has 0 fully saturated rings. The molecule has 0 amide bonds. The molecular weight excluding hydrogens is 144 g/mol. The van der Waals surface area contributed by atoms with Crippen molar-refractivity contribution in [3.05, 3.63) is 12.2 Å². The quantitative estimate of drug-likeness (QED) is 0.488. The van der Waals surface area contributed by atoms with Gasteiger partial charge in [0.2, 0.25) is 0 Å². The van der Waals surface area contributed by atoms with E-state index in [1.54, 1.807) is 13.8 Å².